The van der Waals surface area contributed by atoms with E-state index >= 15 is 0 Å². The van der Waals surface area contributed by atoms with Gasteiger partial charge in [0.15, 0.2) is 0 Å². The minimum absolute atomic E-state index is 0.146. The van der Waals surface area contributed by atoms with E-state index in [-0.39, 0.29) is 12.5 Å². The van der Waals surface area contributed by atoms with Gasteiger partial charge in [0.2, 0.25) is 0 Å². The maximum atomic E-state index is 11.2. The van der Waals surface area contributed by atoms with Crippen molar-refractivity contribution in [3.05, 3.63) is 29.8 Å². The molecule has 1 aromatic rings. The first-order valence-corrected chi connectivity index (χ1v) is 5.39. The van der Waals surface area contributed by atoms with Gasteiger partial charge in [0, 0.05) is 5.69 Å². The SMILES string of the molecule is COC(=O)c1ccc(NC(=O)OCCCl)cc1. The number of carbonyl (C=O) groups is 2. The van der Waals surface area contributed by atoms with Gasteiger partial charge in [-0.3, -0.25) is 5.32 Å². The Labute approximate surface area is 104 Å². The van der Waals surface area contributed by atoms with Gasteiger partial charge in [-0.2, -0.15) is 0 Å². The fourth-order valence-electron chi connectivity index (χ4n) is 1.09. The van der Waals surface area contributed by atoms with E-state index in [2.05, 4.69) is 10.1 Å². The first-order chi connectivity index (χ1) is 8.17. The number of nitrogens with one attached hydrogen (secondary N) is 1. The second-order valence-electron chi connectivity index (χ2n) is 3.02. The summed E-state index contributed by atoms with van der Waals surface area (Å²) in [5, 5.41) is 2.49. The summed E-state index contributed by atoms with van der Waals surface area (Å²) in [6.45, 7) is 0.146. The molecular weight excluding hydrogens is 246 g/mol. The van der Waals surface area contributed by atoms with E-state index in [4.69, 9.17) is 16.3 Å². The van der Waals surface area contributed by atoms with Crippen LogP contribution in [0.1, 0.15) is 10.4 Å². The number of amides is 1. The van der Waals surface area contributed by atoms with Gasteiger partial charge in [0.1, 0.15) is 6.61 Å². The van der Waals surface area contributed by atoms with Crippen LogP contribution in [0.5, 0.6) is 0 Å². The lowest BCUT2D eigenvalue weighted by molar-refractivity contribution is 0.0600. The van der Waals surface area contributed by atoms with Crippen molar-refractivity contribution in [2.45, 2.75) is 0 Å². The van der Waals surface area contributed by atoms with Crippen molar-refractivity contribution >= 4 is 29.4 Å². The molecule has 0 saturated carbocycles. The molecule has 1 amide bonds. The summed E-state index contributed by atoms with van der Waals surface area (Å²) in [6, 6.07) is 6.24. The van der Waals surface area contributed by atoms with Crippen molar-refractivity contribution in [3.63, 3.8) is 0 Å². The number of carbonyl (C=O) groups excluding carboxylic acids is 2. The summed E-state index contributed by atoms with van der Waals surface area (Å²) < 4.78 is 9.27. The Morgan fingerprint density at radius 1 is 1.29 bits per heavy atom. The third-order valence-corrected chi connectivity index (χ3v) is 2.02. The second kappa shape index (κ2) is 6.75. The van der Waals surface area contributed by atoms with Crippen molar-refractivity contribution in [2.75, 3.05) is 24.9 Å². The molecule has 92 valence electrons. The van der Waals surface area contributed by atoms with Crippen LogP contribution in [-0.2, 0) is 9.47 Å². The number of hydrogen-bond acceptors (Lipinski definition) is 4. The Balaban J connectivity index is 2.56. The number of benzene rings is 1. The fourth-order valence-corrected chi connectivity index (χ4v) is 1.17. The smallest absolute Gasteiger partial charge is 0.411 e. The van der Waals surface area contributed by atoms with Gasteiger partial charge in [-0.15, -0.1) is 11.6 Å². The van der Waals surface area contributed by atoms with Crippen LogP contribution in [-0.4, -0.2) is 31.7 Å². The summed E-state index contributed by atoms with van der Waals surface area (Å²) in [5.41, 5.74) is 0.935. The molecule has 0 aliphatic heterocycles. The minimum Gasteiger partial charge on any atom is -0.465 e. The maximum Gasteiger partial charge on any atom is 0.411 e. The average Bonchev–Trinajstić information content (AvgIpc) is 2.36. The van der Waals surface area contributed by atoms with Gasteiger partial charge in [-0.05, 0) is 24.3 Å². The number of anilines is 1. The molecule has 0 atom stereocenters. The summed E-state index contributed by atoms with van der Waals surface area (Å²) in [5.74, 6) is -0.185. The normalized spacial score (nSPS) is 9.53. The van der Waals surface area contributed by atoms with Crippen LogP contribution < -0.4 is 5.32 Å². The molecule has 1 rings (SSSR count). The van der Waals surface area contributed by atoms with Gasteiger partial charge >= 0.3 is 12.1 Å². The zero-order valence-electron chi connectivity index (χ0n) is 9.23. The molecule has 0 aromatic heterocycles. The van der Waals surface area contributed by atoms with Crippen LogP contribution in [0, 0.1) is 0 Å². The number of hydrogen-bond donors (Lipinski definition) is 1. The minimum atomic E-state index is -0.587. The van der Waals surface area contributed by atoms with Crippen molar-refractivity contribution < 1.29 is 19.1 Å². The van der Waals surface area contributed by atoms with Gasteiger partial charge in [-0.1, -0.05) is 0 Å². The van der Waals surface area contributed by atoms with Crippen molar-refractivity contribution in [2.24, 2.45) is 0 Å². The average molecular weight is 258 g/mol. The summed E-state index contributed by atoms with van der Waals surface area (Å²) in [6.07, 6.45) is -0.587. The molecule has 0 spiro atoms. The van der Waals surface area contributed by atoms with Crippen LogP contribution in [0.4, 0.5) is 10.5 Å². The van der Waals surface area contributed by atoms with E-state index in [0.29, 0.717) is 11.3 Å². The molecule has 0 radical (unpaired) electrons. The molecule has 1 N–H and O–H groups in total. The molecule has 17 heavy (non-hydrogen) atoms. The second-order valence-corrected chi connectivity index (χ2v) is 3.40. The molecule has 6 heteroatoms. The van der Waals surface area contributed by atoms with Crippen LogP contribution in [0.25, 0.3) is 0 Å². The molecule has 0 aliphatic carbocycles. The van der Waals surface area contributed by atoms with E-state index in [9.17, 15) is 9.59 Å². The zero-order chi connectivity index (χ0) is 12.7. The molecule has 0 bridgehead atoms. The van der Waals surface area contributed by atoms with Crippen LogP contribution in [0.2, 0.25) is 0 Å². The van der Waals surface area contributed by atoms with Gasteiger partial charge in [0.25, 0.3) is 0 Å². The third-order valence-electron chi connectivity index (χ3n) is 1.86. The van der Waals surface area contributed by atoms with Crippen LogP contribution in [0.15, 0.2) is 24.3 Å². The standard InChI is InChI=1S/C11H12ClNO4/c1-16-10(14)8-2-4-9(5-3-8)13-11(15)17-7-6-12/h2-5H,6-7H2,1H3,(H,13,15). The molecule has 0 aliphatic rings. The molecule has 1 aromatic carbocycles. The molecule has 0 heterocycles. The maximum absolute atomic E-state index is 11.2. The Bertz CT molecular complexity index is 391. The Morgan fingerprint density at radius 2 is 1.94 bits per heavy atom. The Hall–Kier alpha value is -1.75. The van der Waals surface area contributed by atoms with Crippen molar-refractivity contribution in [1.29, 1.82) is 0 Å². The van der Waals surface area contributed by atoms with Crippen molar-refractivity contribution in [1.82, 2.24) is 0 Å². The highest BCUT2D eigenvalue weighted by Crippen LogP contribution is 2.10. The number of methoxy groups -OCH3 is 1. The van der Waals surface area contributed by atoms with Gasteiger partial charge in [0.05, 0.1) is 18.6 Å². The Kier molecular flexibility index (Phi) is 5.29. The first-order valence-electron chi connectivity index (χ1n) is 4.85. The van der Waals surface area contributed by atoms with E-state index in [1.165, 1.54) is 7.11 Å². The number of alkyl halides is 1. The van der Waals surface area contributed by atoms with E-state index < -0.39 is 12.1 Å². The highest BCUT2D eigenvalue weighted by atomic mass is 35.5. The van der Waals surface area contributed by atoms with Gasteiger partial charge < -0.3 is 9.47 Å². The Morgan fingerprint density at radius 3 is 2.47 bits per heavy atom. The van der Waals surface area contributed by atoms with Crippen LogP contribution in [0.3, 0.4) is 0 Å². The topological polar surface area (TPSA) is 64.6 Å². The van der Waals surface area contributed by atoms with Crippen molar-refractivity contribution in [3.8, 4) is 0 Å². The third kappa shape index (κ3) is 4.32. The monoisotopic (exact) mass is 257 g/mol. The lowest BCUT2D eigenvalue weighted by Crippen LogP contribution is -2.15. The molecule has 0 fully saturated rings. The number of rotatable bonds is 4. The predicted octanol–water partition coefficient (Wildman–Crippen LogP) is 2.26. The van der Waals surface area contributed by atoms with Crippen LogP contribution >= 0.6 is 11.6 Å². The lowest BCUT2D eigenvalue weighted by Gasteiger charge is -2.06. The summed E-state index contributed by atoms with van der Waals surface area (Å²) in [4.78, 5) is 22.3. The highest BCUT2D eigenvalue weighted by Gasteiger charge is 2.06. The largest absolute Gasteiger partial charge is 0.465 e. The van der Waals surface area contributed by atoms with E-state index in [1.807, 2.05) is 0 Å². The van der Waals surface area contributed by atoms with E-state index in [0.717, 1.165) is 0 Å². The highest BCUT2D eigenvalue weighted by molar-refractivity contribution is 6.18. The van der Waals surface area contributed by atoms with E-state index in [1.54, 1.807) is 24.3 Å². The number of esters is 1. The molecule has 0 unspecified atom stereocenters. The fraction of sp³-hybridized carbons (Fsp3) is 0.273. The summed E-state index contributed by atoms with van der Waals surface area (Å²) in [7, 11) is 1.30. The lowest BCUT2D eigenvalue weighted by atomic mass is 10.2. The number of ether oxygens (including phenoxy) is 2. The zero-order valence-corrected chi connectivity index (χ0v) is 9.99. The number of halogens is 1. The predicted molar refractivity (Wildman–Crippen MR) is 63.5 cm³/mol. The molecule has 0 saturated heterocycles. The first kappa shape index (κ1) is 13.3. The quantitative estimate of drug-likeness (QED) is 0.664. The molecule has 5 nitrogen and oxygen atoms in total. The molecular formula is C11H12ClNO4. The summed E-state index contributed by atoms with van der Waals surface area (Å²) >= 11 is 5.36. The van der Waals surface area contributed by atoms with Gasteiger partial charge in [-0.25, -0.2) is 9.59 Å².